The molecule has 1 aromatic rings. The zero-order chi connectivity index (χ0) is 14.1. The lowest BCUT2D eigenvalue weighted by Gasteiger charge is -2.08. The summed E-state index contributed by atoms with van der Waals surface area (Å²) in [6.45, 7) is 3.55. The minimum Gasteiger partial charge on any atom is -0.484 e. The first-order valence-corrected chi connectivity index (χ1v) is 7.35. The molecule has 0 aromatic heterocycles. The summed E-state index contributed by atoms with van der Waals surface area (Å²) in [4.78, 5) is 10.5. The van der Waals surface area contributed by atoms with Crippen molar-refractivity contribution in [1.29, 1.82) is 0 Å². The zero-order valence-corrected chi connectivity index (χ0v) is 12.5. The van der Waals surface area contributed by atoms with Gasteiger partial charge >= 0.3 is 5.69 Å². The molecule has 0 aliphatic carbocycles. The normalized spacial score (nSPS) is 10.4. The van der Waals surface area contributed by atoms with Crippen LogP contribution in [0.1, 0.15) is 25.3 Å². The van der Waals surface area contributed by atoms with Crippen LogP contribution in [0.4, 0.5) is 5.69 Å². The van der Waals surface area contributed by atoms with E-state index in [4.69, 9.17) is 9.47 Å². The molecule has 0 unspecified atom stereocenters. The summed E-state index contributed by atoms with van der Waals surface area (Å²) >= 11 is 3.27. The van der Waals surface area contributed by atoms with E-state index in [1.165, 1.54) is 6.07 Å². The Hall–Kier alpha value is -1.14. The van der Waals surface area contributed by atoms with E-state index in [0.717, 1.165) is 18.4 Å². The van der Waals surface area contributed by atoms with Crippen LogP contribution < -0.4 is 4.74 Å². The van der Waals surface area contributed by atoms with Gasteiger partial charge in [-0.2, -0.15) is 0 Å². The average Bonchev–Trinajstić information content (AvgIpc) is 2.42. The molecule has 0 bridgehead atoms. The van der Waals surface area contributed by atoms with Crippen molar-refractivity contribution in [2.24, 2.45) is 0 Å². The maximum absolute atomic E-state index is 10.9. The van der Waals surface area contributed by atoms with Crippen molar-refractivity contribution in [2.75, 3.05) is 19.8 Å². The first-order valence-electron chi connectivity index (χ1n) is 6.22. The molecule has 5 nitrogen and oxygen atoms in total. The van der Waals surface area contributed by atoms with Gasteiger partial charge in [0.1, 0.15) is 6.61 Å². The molecule has 0 saturated carbocycles. The van der Waals surface area contributed by atoms with E-state index in [1.807, 2.05) is 0 Å². The van der Waals surface area contributed by atoms with Crippen LogP contribution in [-0.4, -0.2) is 24.7 Å². The van der Waals surface area contributed by atoms with Crippen LogP contribution in [0, 0.1) is 10.1 Å². The molecule has 0 aliphatic rings. The summed E-state index contributed by atoms with van der Waals surface area (Å²) in [5, 5.41) is 11.5. The van der Waals surface area contributed by atoms with E-state index in [2.05, 4.69) is 22.9 Å². The maximum Gasteiger partial charge on any atom is 0.311 e. The Kier molecular flexibility index (Phi) is 7.43. The Balaban J connectivity index is 2.50. The molecule has 106 valence electrons. The van der Waals surface area contributed by atoms with E-state index in [0.29, 0.717) is 25.2 Å². The van der Waals surface area contributed by atoms with Crippen LogP contribution in [-0.2, 0) is 10.1 Å². The SMILES string of the molecule is CCCCOCCOc1ccc(CBr)cc1[N+](=O)[O-]. The van der Waals surface area contributed by atoms with Crippen molar-refractivity contribution in [3.63, 3.8) is 0 Å². The number of nitro benzene ring substituents is 1. The largest absolute Gasteiger partial charge is 0.484 e. The topological polar surface area (TPSA) is 61.6 Å². The number of nitro groups is 1. The number of benzene rings is 1. The first-order chi connectivity index (χ1) is 9.19. The van der Waals surface area contributed by atoms with Crippen molar-refractivity contribution in [3.05, 3.63) is 33.9 Å². The Morgan fingerprint density at radius 2 is 2.11 bits per heavy atom. The second-order valence-corrected chi connectivity index (χ2v) is 4.57. The molecule has 0 atom stereocenters. The van der Waals surface area contributed by atoms with E-state index in [-0.39, 0.29) is 11.4 Å². The van der Waals surface area contributed by atoms with Crippen molar-refractivity contribution in [1.82, 2.24) is 0 Å². The molecule has 6 heteroatoms. The molecule has 19 heavy (non-hydrogen) atoms. The van der Waals surface area contributed by atoms with Gasteiger partial charge < -0.3 is 9.47 Å². The molecule has 0 N–H and O–H groups in total. The van der Waals surface area contributed by atoms with Crippen molar-refractivity contribution >= 4 is 21.6 Å². The number of rotatable bonds is 9. The van der Waals surface area contributed by atoms with E-state index in [1.54, 1.807) is 12.1 Å². The van der Waals surface area contributed by atoms with E-state index in [9.17, 15) is 10.1 Å². The number of unbranched alkanes of at least 4 members (excludes halogenated alkanes) is 1. The molecule has 0 saturated heterocycles. The lowest BCUT2D eigenvalue weighted by atomic mass is 10.2. The van der Waals surface area contributed by atoms with Gasteiger partial charge in [0.15, 0.2) is 5.75 Å². The van der Waals surface area contributed by atoms with Crippen LogP contribution in [0.25, 0.3) is 0 Å². The highest BCUT2D eigenvalue weighted by atomic mass is 79.9. The van der Waals surface area contributed by atoms with Crippen LogP contribution in [0.5, 0.6) is 5.75 Å². The summed E-state index contributed by atoms with van der Waals surface area (Å²) in [5.41, 5.74) is 0.837. The summed E-state index contributed by atoms with van der Waals surface area (Å²) in [7, 11) is 0. The van der Waals surface area contributed by atoms with Crippen molar-refractivity contribution < 1.29 is 14.4 Å². The summed E-state index contributed by atoms with van der Waals surface area (Å²) in [6.07, 6.45) is 2.10. The Morgan fingerprint density at radius 3 is 2.74 bits per heavy atom. The van der Waals surface area contributed by atoms with Gasteiger partial charge in [0.05, 0.1) is 11.5 Å². The number of ether oxygens (including phenoxy) is 2. The monoisotopic (exact) mass is 331 g/mol. The van der Waals surface area contributed by atoms with Crippen LogP contribution in [0.15, 0.2) is 18.2 Å². The van der Waals surface area contributed by atoms with Crippen LogP contribution in [0.2, 0.25) is 0 Å². The predicted octanol–water partition coefficient (Wildman–Crippen LogP) is 3.69. The molecule has 1 rings (SSSR count). The van der Waals surface area contributed by atoms with Gasteiger partial charge in [0, 0.05) is 18.0 Å². The molecule has 0 fully saturated rings. The number of nitrogens with zero attached hydrogens (tertiary/aromatic N) is 1. The lowest BCUT2D eigenvalue weighted by molar-refractivity contribution is -0.385. The quantitative estimate of drug-likeness (QED) is 0.299. The van der Waals surface area contributed by atoms with Gasteiger partial charge in [-0.1, -0.05) is 35.3 Å². The van der Waals surface area contributed by atoms with Crippen molar-refractivity contribution in [2.45, 2.75) is 25.1 Å². The molecule has 0 aliphatic heterocycles. The smallest absolute Gasteiger partial charge is 0.311 e. The highest BCUT2D eigenvalue weighted by molar-refractivity contribution is 9.08. The summed E-state index contributed by atoms with van der Waals surface area (Å²) in [5.74, 6) is 0.286. The van der Waals surface area contributed by atoms with Crippen molar-refractivity contribution in [3.8, 4) is 5.75 Å². The minimum atomic E-state index is -0.431. The molecule has 0 amide bonds. The zero-order valence-electron chi connectivity index (χ0n) is 10.9. The number of hydrogen-bond donors (Lipinski definition) is 0. The molecule has 0 radical (unpaired) electrons. The van der Waals surface area contributed by atoms with E-state index >= 15 is 0 Å². The van der Waals surface area contributed by atoms with Crippen LogP contribution >= 0.6 is 15.9 Å². The molecule has 0 heterocycles. The third-order valence-electron chi connectivity index (χ3n) is 2.50. The Morgan fingerprint density at radius 1 is 1.32 bits per heavy atom. The fourth-order valence-electron chi connectivity index (χ4n) is 1.47. The maximum atomic E-state index is 10.9. The van der Waals surface area contributed by atoms with Gasteiger partial charge in [-0.25, -0.2) is 0 Å². The number of halogens is 1. The predicted molar refractivity (Wildman–Crippen MR) is 76.9 cm³/mol. The first kappa shape index (κ1) is 15.9. The van der Waals surface area contributed by atoms with Gasteiger partial charge in [-0.15, -0.1) is 0 Å². The molecule has 0 spiro atoms. The number of hydrogen-bond acceptors (Lipinski definition) is 4. The van der Waals surface area contributed by atoms with Gasteiger partial charge in [-0.3, -0.25) is 10.1 Å². The molecule has 1 aromatic carbocycles. The Labute approximate surface area is 121 Å². The minimum absolute atomic E-state index is 0.00879. The van der Waals surface area contributed by atoms with Gasteiger partial charge in [0.2, 0.25) is 0 Å². The second kappa shape index (κ2) is 8.87. The molecular weight excluding hydrogens is 314 g/mol. The highest BCUT2D eigenvalue weighted by Gasteiger charge is 2.15. The summed E-state index contributed by atoms with van der Waals surface area (Å²) in [6, 6.07) is 4.94. The van der Waals surface area contributed by atoms with E-state index < -0.39 is 4.92 Å². The second-order valence-electron chi connectivity index (χ2n) is 4.01. The number of alkyl halides is 1. The van der Waals surface area contributed by atoms with Crippen LogP contribution in [0.3, 0.4) is 0 Å². The fourth-order valence-corrected chi connectivity index (χ4v) is 1.82. The van der Waals surface area contributed by atoms with Gasteiger partial charge in [-0.05, 0) is 18.1 Å². The fraction of sp³-hybridized carbons (Fsp3) is 0.538. The third kappa shape index (κ3) is 5.57. The average molecular weight is 332 g/mol. The Bertz CT molecular complexity index is 412. The van der Waals surface area contributed by atoms with Gasteiger partial charge in [0.25, 0.3) is 0 Å². The third-order valence-corrected chi connectivity index (χ3v) is 3.15. The highest BCUT2D eigenvalue weighted by Crippen LogP contribution is 2.28. The lowest BCUT2D eigenvalue weighted by Crippen LogP contribution is -2.08. The summed E-state index contributed by atoms with van der Waals surface area (Å²) < 4.78 is 10.7. The molecular formula is C13H18BrNO4. The standard InChI is InChI=1S/C13H18BrNO4/c1-2-3-6-18-7-8-19-13-5-4-11(10-14)9-12(13)15(16)17/h4-5,9H,2-3,6-8,10H2,1H3.